The van der Waals surface area contributed by atoms with Crippen LogP contribution < -0.4 is 5.32 Å². The van der Waals surface area contributed by atoms with Crippen molar-refractivity contribution in [1.82, 2.24) is 5.32 Å². The number of hydrogen-bond acceptors (Lipinski definition) is 4. The number of aliphatic imine (C=N–C) groups is 1. The zero-order valence-corrected chi connectivity index (χ0v) is 12.8. The van der Waals surface area contributed by atoms with E-state index in [1.165, 1.54) is 11.8 Å². The predicted molar refractivity (Wildman–Crippen MR) is 80.6 cm³/mol. The van der Waals surface area contributed by atoms with E-state index in [1.54, 1.807) is 12.1 Å². The lowest BCUT2D eigenvalue weighted by Crippen LogP contribution is -2.36. The van der Waals surface area contributed by atoms with Crippen LogP contribution in [0.5, 0.6) is 0 Å². The van der Waals surface area contributed by atoms with Gasteiger partial charge >= 0.3 is 0 Å². The molecule has 4 nitrogen and oxygen atoms in total. The molecule has 0 fully saturated rings. The minimum Gasteiger partial charge on any atom is -0.305 e. The van der Waals surface area contributed by atoms with Gasteiger partial charge in [0.2, 0.25) is 5.91 Å². The first-order valence-corrected chi connectivity index (χ1v) is 7.61. The van der Waals surface area contributed by atoms with Crippen LogP contribution in [0.15, 0.2) is 33.7 Å². The highest BCUT2D eigenvalue weighted by Crippen LogP contribution is 2.15. The number of benzene rings is 1. The molecule has 1 aromatic carbocycles. The molecule has 19 heavy (non-hydrogen) atoms. The Bertz CT molecular complexity index is 528. The molecule has 0 saturated heterocycles. The van der Waals surface area contributed by atoms with Crippen molar-refractivity contribution in [3.05, 3.63) is 34.3 Å². The number of rotatable bonds is 3. The molecule has 1 aliphatic rings. The number of carbonyl (C=O) groups is 2. The third-order valence-electron chi connectivity index (χ3n) is 2.57. The topological polar surface area (TPSA) is 58.5 Å². The molecule has 1 atom stereocenters. The van der Waals surface area contributed by atoms with Crippen LogP contribution >= 0.6 is 27.7 Å². The number of halogens is 1. The molecule has 0 saturated carbocycles. The summed E-state index contributed by atoms with van der Waals surface area (Å²) in [6.07, 6.45) is 0.407. The average molecular weight is 341 g/mol. The molecule has 1 aromatic rings. The van der Waals surface area contributed by atoms with Crippen LogP contribution in [0.4, 0.5) is 0 Å². The molecule has 6 heteroatoms. The van der Waals surface area contributed by atoms with E-state index in [0.29, 0.717) is 17.2 Å². The smallest absolute Gasteiger partial charge is 0.228 e. The number of hydrogen-bond donors (Lipinski definition) is 1. The van der Waals surface area contributed by atoms with Crippen molar-refractivity contribution >= 4 is 44.5 Å². The van der Waals surface area contributed by atoms with Gasteiger partial charge in [-0.25, -0.2) is 0 Å². The monoisotopic (exact) mass is 340 g/mol. The summed E-state index contributed by atoms with van der Waals surface area (Å²) in [5.41, 5.74) is 0.659. The lowest BCUT2D eigenvalue weighted by molar-refractivity contribution is -0.120. The second-order valence-corrected chi connectivity index (χ2v) is 6.13. The van der Waals surface area contributed by atoms with Crippen molar-refractivity contribution in [2.45, 2.75) is 19.4 Å². The van der Waals surface area contributed by atoms with Gasteiger partial charge in [-0.15, -0.1) is 0 Å². The van der Waals surface area contributed by atoms with Crippen LogP contribution in [-0.2, 0) is 4.79 Å². The van der Waals surface area contributed by atoms with E-state index in [0.717, 1.165) is 4.47 Å². The zero-order valence-electron chi connectivity index (χ0n) is 10.4. The molecule has 100 valence electrons. The van der Waals surface area contributed by atoms with Crippen molar-refractivity contribution in [2.75, 3.05) is 5.75 Å². The van der Waals surface area contributed by atoms with Crippen molar-refractivity contribution in [3.8, 4) is 0 Å². The van der Waals surface area contributed by atoms with Gasteiger partial charge in [0, 0.05) is 16.5 Å². The quantitative estimate of drug-likeness (QED) is 0.860. The summed E-state index contributed by atoms with van der Waals surface area (Å²) in [4.78, 5) is 27.6. The Labute approximate surface area is 124 Å². The second kappa shape index (κ2) is 6.34. The first kappa shape index (κ1) is 14.3. The van der Waals surface area contributed by atoms with Crippen LogP contribution in [0.1, 0.15) is 23.7 Å². The van der Waals surface area contributed by atoms with E-state index in [9.17, 15) is 9.59 Å². The first-order valence-electron chi connectivity index (χ1n) is 5.84. The van der Waals surface area contributed by atoms with Crippen LogP contribution in [-0.4, -0.2) is 28.7 Å². The Morgan fingerprint density at radius 3 is 2.79 bits per heavy atom. The SMILES string of the molecule is C[C@H]1CC(=O)NC(SCC(=O)c2ccc(Br)cc2)=N1. The minimum atomic E-state index is -0.0407. The zero-order chi connectivity index (χ0) is 13.8. The van der Waals surface area contributed by atoms with Gasteiger partial charge in [0.05, 0.1) is 11.8 Å². The highest BCUT2D eigenvalue weighted by molar-refractivity contribution is 9.10. The van der Waals surface area contributed by atoms with Crippen molar-refractivity contribution < 1.29 is 9.59 Å². The van der Waals surface area contributed by atoms with Gasteiger partial charge in [-0.3, -0.25) is 14.6 Å². The molecule has 1 heterocycles. The molecule has 0 bridgehead atoms. The first-order chi connectivity index (χ1) is 9.04. The Morgan fingerprint density at radius 1 is 1.47 bits per heavy atom. The van der Waals surface area contributed by atoms with Crippen LogP contribution in [0, 0.1) is 0 Å². The Balaban J connectivity index is 1.93. The third-order valence-corrected chi connectivity index (χ3v) is 3.99. The number of Topliss-reactive ketones (excluding diaryl/α,β-unsaturated/α-hetero) is 1. The lowest BCUT2D eigenvalue weighted by Gasteiger charge is -2.16. The number of nitrogens with one attached hydrogen (secondary N) is 1. The van der Waals surface area contributed by atoms with E-state index in [1.807, 2.05) is 19.1 Å². The van der Waals surface area contributed by atoms with Crippen LogP contribution in [0.3, 0.4) is 0 Å². The molecule has 1 amide bonds. The maximum atomic E-state index is 12.0. The summed E-state index contributed by atoms with van der Waals surface area (Å²) in [6.45, 7) is 1.88. The van der Waals surface area contributed by atoms with Crippen LogP contribution in [0.25, 0.3) is 0 Å². The molecule has 0 radical (unpaired) electrons. The number of carbonyl (C=O) groups excluding carboxylic acids is 2. The van der Waals surface area contributed by atoms with Gasteiger partial charge in [0.15, 0.2) is 11.0 Å². The average Bonchev–Trinajstić information content (AvgIpc) is 2.36. The largest absolute Gasteiger partial charge is 0.305 e. The fourth-order valence-corrected chi connectivity index (χ4v) is 2.78. The number of thioether (sulfide) groups is 1. The summed E-state index contributed by atoms with van der Waals surface area (Å²) in [5.74, 6) is 0.252. The molecule has 0 unspecified atom stereocenters. The maximum Gasteiger partial charge on any atom is 0.228 e. The van der Waals surface area contributed by atoms with Gasteiger partial charge in [0.25, 0.3) is 0 Å². The fourth-order valence-electron chi connectivity index (χ4n) is 1.64. The normalized spacial score (nSPS) is 18.7. The summed E-state index contributed by atoms with van der Waals surface area (Å²) >= 11 is 4.59. The fraction of sp³-hybridized carbons (Fsp3) is 0.308. The Hall–Kier alpha value is -1.14. The number of amidine groups is 1. The van der Waals surface area contributed by atoms with E-state index < -0.39 is 0 Å². The summed E-state index contributed by atoms with van der Waals surface area (Å²) < 4.78 is 0.939. The van der Waals surface area contributed by atoms with E-state index >= 15 is 0 Å². The maximum absolute atomic E-state index is 12.0. The van der Waals surface area contributed by atoms with E-state index in [-0.39, 0.29) is 23.5 Å². The van der Waals surface area contributed by atoms with Gasteiger partial charge in [-0.2, -0.15) is 0 Å². The standard InChI is InChI=1S/C13H13BrN2O2S/c1-8-6-12(18)16-13(15-8)19-7-11(17)9-2-4-10(14)5-3-9/h2-5,8H,6-7H2,1H3,(H,15,16,18)/t8-/m0/s1. The van der Waals surface area contributed by atoms with Crippen molar-refractivity contribution in [3.63, 3.8) is 0 Å². The molecule has 0 aromatic heterocycles. The van der Waals surface area contributed by atoms with E-state index in [2.05, 4.69) is 26.2 Å². The van der Waals surface area contributed by atoms with Gasteiger partial charge in [-0.1, -0.05) is 39.8 Å². The van der Waals surface area contributed by atoms with Gasteiger partial charge < -0.3 is 5.32 Å². The molecule has 1 N–H and O–H groups in total. The van der Waals surface area contributed by atoms with Crippen molar-refractivity contribution in [2.24, 2.45) is 4.99 Å². The minimum absolute atomic E-state index is 0.0148. The molecular weight excluding hydrogens is 328 g/mol. The Morgan fingerprint density at radius 2 is 2.16 bits per heavy atom. The Kier molecular flexibility index (Phi) is 4.76. The number of nitrogens with zero attached hydrogens (tertiary/aromatic N) is 1. The lowest BCUT2D eigenvalue weighted by atomic mass is 10.2. The summed E-state index contributed by atoms with van der Waals surface area (Å²) in [5, 5.41) is 3.21. The molecule has 2 rings (SSSR count). The van der Waals surface area contributed by atoms with Gasteiger partial charge in [-0.05, 0) is 19.1 Å². The highest BCUT2D eigenvalue weighted by Gasteiger charge is 2.18. The predicted octanol–water partition coefficient (Wildman–Crippen LogP) is 2.63. The highest BCUT2D eigenvalue weighted by atomic mass is 79.9. The van der Waals surface area contributed by atoms with Crippen molar-refractivity contribution in [1.29, 1.82) is 0 Å². The summed E-state index contributed by atoms with van der Waals surface area (Å²) in [6, 6.07) is 7.20. The number of ketones is 1. The molecule has 0 aliphatic carbocycles. The van der Waals surface area contributed by atoms with Gasteiger partial charge in [0.1, 0.15) is 0 Å². The molecule has 1 aliphatic heterocycles. The third kappa shape index (κ3) is 4.18. The molecule has 0 spiro atoms. The van der Waals surface area contributed by atoms with Crippen LogP contribution in [0.2, 0.25) is 0 Å². The molecular formula is C13H13BrN2O2S. The van der Waals surface area contributed by atoms with E-state index in [4.69, 9.17) is 0 Å². The number of amides is 1. The summed E-state index contributed by atoms with van der Waals surface area (Å²) in [7, 11) is 0. The second-order valence-electron chi connectivity index (χ2n) is 4.25.